The van der Waals surface area contributed by atoms with E-state index >= 15 is 0 Å². The largest absolute Gasteiger partial charge is 0.309 e. The van der Waals surface area contributed by atoms with E-state index in [1.807, 2.05) is 11.3 Å². The van der Waals surface area contributed by atoms with Gasteiger partial charge in [0, 0.05) is 53.1 Å². The summed E-state index contributed by atoms with van der Waals surface area (Å²) in [4.78, 5) is 0. The van der Waals surface area contributed by atoms with Crippen LogP contribution in [0.2, 0.25) is 0 Å². The Morgan fingerprint density at radius 3 is 1.48 bits per heavy atom. The lowest BCUT2D eigenvalue weighted by Crippen LogP contribution is -2.74. The number of fused-ring (bicyclic) bond motifs is 9. The summed E-state index contributed by atoms with van der Waals surface area (Å²) in [5.41, 5.74) is 9.59. The highest BCUT2D eigenvalue weighted by Gasteiger charge is 2.41. The Morgan fingerprint density at radius 1 is 0.297 bits per heavy atom. The number of aromatic nitrogens is 2. The van der Waals surface area contributed by atoms with Crippen LogP contribution in [0.5, 0.6) is 0 Å². The van der Waals surface area contributed by atoms with Crippen molar-refractivity contribution in [3.05, 3.63) is 243 Å². The fourth-order valence-electron chi connectivity index (χ4n) is 10.7. The van der Waals surface area contributed by atoms with Gasteiger partial charge in [-0.25, -0.2) is 0 Å². The van der Waals surface area contributed by atoms with Crippen molar-refractivity contribution in [2.45, 2.75) is 0 Å². The molecule has 10 aromatic carbocycles. The van der Waals surface area contributed by atoms with E-state index in [9.17, 15) is 0 Å². The van der Waals surface area contributed by atoms with Crippen molar-refractivity contribution < 1.29 is 0 Å². The van der Waals surface area contributed by atoms with Crippen LogP contribution in [0.25, 0.3) is 86.3 Å². The molecule has 0 radical (unpaired) electrons. The van der Waals surface area contributed by atoms with E-state index in [4.69, 9.17) is 0 Å². The highest BCUT2D eigenvalue weighted by Crippen LogP contribution is 2.42. The highest BCUT2D eigenvalue weighted by atomic mass is 32.1. The van der Waals surface area contributed by atoms with Gasteiger partial charge in [0.05, 0.1) is 22.1 Å². The van der Waals surface area contributed by atoms with Crippen molar-refractivity contribution in [1.29, 1.82) is 0 Å². The zero-order valence-corrected chi connectivity index (χ0v) is 36.7. The minimum absolute atomic E-state index is 1.15. The smallest absolute Gasteiger partial charge is 0.179 e. The van der Waals surface area contributed by atoms with E-state index in [0.29, 0.717) is 0 Å². The Bertz CT molecular complexity index is 3790. The fraction of sp³-hybridized carbons (Fsp3) is 0. The molecule has 0 amide bonds. The molecule has 0 bridgehead atoms. The van der Waals surface area contributed by atoms with E-state index in [-0.39, 0.29) is 0 Å². The third kappa shape index (κ3) is 5.50. The summed E-state index contributed by atoms with van der Waals surface area (Å²) in [6, 6.07) is 90.4. The zero-order chi connectivity index (χ0) is 42.2. The summed E-state index contributed by atoms with van der Waals surface area (Å²) in [6.07, 6.45) is 0. The monoisotopic (exact) mass is 848 g/mol. The molecule has 4 heteroatoms. The fourth-order valence-corrected chi connectivity index (χ4v) is 16.6. The van der Waals surface area contributed by atoms with Gasteiger partial charge in [-0.1, -0.05) is 176 Å². The highest BCUT2D eigenvalue weighted by molar-refractivity contribution is 7.25. The first-order valence-electron chi connectivity index (χ1n) is 22.0. The summed E-state index contributed by atoms with van der Waals surface area (Å²) in [7, 11) is -2.66. The standard InChI is InChI=1S/C60H40N2SSi/c1-4-17-44(18-5-1)64(45-19-6-2-7-20-45,46-21-8-3-9-22-46)47-35-32-42(33-36-47)61-54-27-13-10-23-49(54)52-40-43(34-37-56(52)61)62-55-28-14-11-25-51(55)60-48(26-16-29-57(60)62)41-31-38-59-53(39-41)50-24-12-15-30-58(50)63-59/h1-40H. The van der Waals surface area contributed by atoms with Gasteiger partial charge in [-0.2, -0.15) is 0 Å². The Kier molecular flexibility index (Phi) is 8.45. The number of para-hydroxylation sites is 2. The summed E-state index contributed by atoms with van der Waals surface area (Å²) >= 11 is 1.87. The van der Waals surface area contributed by atoms with Gasteiger partial charge in [-0.3, -0.25) is 0 Å². The van der Waals surface area contributed by atoms with E-state index in [2.05, 4.69) is 252 Å². The third-order valence-electron chi connectivity index (χ3n) is 13.5. The molecule has 0 atom stereocenters. The second-order valence-corrected chi connectivity index (χ2v) is 21.7. The predicted molar refractivity (Wildman–Crippen MR) is 277 cm³/mol. The average Bonchev–Trinajstić information content (AvgIpc) is 4.03. The van der Waals surface area contributed by atoms with Gasteiger partial charge in [0.2, 0.25) is 0 Å². The molecule has 3 heterocycles. The van der Waals surface area contributed by atoms with Crippen LogP contribution in [0.1, 0.15) is 0 Å². The van der Waals surface area contributed by atoms with Crippen LogP contribution in [0, 0.1) is 0 Å². The third-order valence-corrected chi connectivity index (χ3v) is 19.4. The van der Waals surface area contributed by atoms with Crippen LogP contribution in [0.3, 0.4) is 0 Å². The van der Waals surface area contributed by atoms with Crippen molar-refractivity contribution in [2.75, 3.05) is 0 Å². The molecular formula is C60H40N2SSi. The molecule has 13 aromatic rings. The van der Waals surface area contributed by atoms with Gasteiger partial charge in [-0.05, 0) is 98.6 Å². The first-order chi connectivity index (χ1) is 31.8. The first-order valence-corrected chi connectivity index (χ1v) is 24.8. The first kappa shape index (κ1) is 36.9. The molecule has 0 aliphatic heterocycles. The van der Waals surface area contributed by atoms with Gasteiger partial charge in [-0.15, -0.1) is 11.3 Å². The lowest BCUT2D eigenvalue weighted by molar-refractivity contribution is 1.17. The van der Waals surface area contributed by atoms with Gasteiger partial charge >= 0.3 is 0 Å². The van der Waals surface area contributed by atoms with Crippen LogP contribution in [-0.2, 0) is 0 Å². The molecular weight excluding hydrogens is 809 g/mol. The molecule has 0 saturated heterocycles. The average molecular weight is 849 g/mol. The molecule has 0 aliphatic rings. The molecule has 0 fully saturated rings. The van der Waals surface area contributed by atoms with Crippen LogP contribution in [0.4, 0.5) is 0 Å². The number of hydrogen-bond acceptors (Lipinski definition) is 1. The lowest BCUT2D eigenvalue weighted by atomic mass is 9.98. The number of rotatable bonds is 7. The van der Waals surface area contributed by atoms with E-state index in [0.717, 1.165) is 11.4 Å². The minimum atomic E-state index is -2.66. The van der Waals surface area contributed by atoms with Crippen LogP contribution >= 0.6 is 11.3 Å². The number of thiophene rings is 1. The minimum Gasteiger partial charge on any atom is -0.309 e. The Balaban J connectivity index is 0.978. The Labute approximate surface area is 376 Å². The Hall–Kier alpha value is -7.76. The lowest BCUT2D eigenvalue weighted by Gasteiger charge is -2.34. The van der Waals surface area contributed by atoms with E-state index in [1.165, 1.54) is 95.7 Å². The van der Waals surface area contributed by atoms with Gasteiger partial charge in [0.25, 0.3) is 0 Å². The molecule has 0 spiro atoms. The molecule has 3 aromatic heterocycles. The molecule has 0 saturated carbocycles. The molecule has 13 rings (SSSR count). The van der Waals surface area contributed by atoms with Crippen molar-refractivity contribution in [2.24, 2.45) is 0 Å². The maximum atomic E-state index is 2.47. The Morgan fingerprint density at radius 2 is 0.797 bits per heavy atom. The van der Waals surface area contributed by atoms with Crippen LogP contribution in [-0.4, -0.2) is 17.2 Å². The zero-order valence-electron chi connectivity index (χ0n) is 34.9. The van der Waals surface area contributed by atoms with Crippen molar-refractivity contribution >= 4 is 104 Å². The van der Waals surface area contributed by atoms with Gasteiger partial charge in [0.1, 0.15) is 0 Å². The molecule has 0 N–H and O–H groups in total. The van der Waals surface area contributed by atoms with Crippen molar-refractivity contribution in [3.8, 4) is 22.5 Å². The maximum Gasteiger partial charge on any atom is 0.179 e. The predicted octanol–water partition coefficient (Wildman–Crippen LogP) is 13.3. The van der Waals surface area contributed by atoms with Crippen LogP contribution in [0.15, 0.2) is 243 Å². The van der Waals surface area contributed by atoms with E-state index in [1.54, 1.807) is 0 Å². The molecule has 2 nitrogen and oxygen atoms in total. The number of benzene rings is 10. The maximum absolute atomic E-state index is 2.66. The summed E-state index contributed by atoms with van der Waals surface area (Å²) < 4.78 is 7.57. The second-order valence-electron chi connectivity index (χ2n) is 16.8. The second kappa shape index (κ2) is 14.7. The SMILES string of the molecule is c1ccc([Si](c2ccccc2)(c2ccccc2)c2ccc(-n3c4ccccc4c4cc(-n5c6ccccc6c6c(-c7ccc8sc9ccccc9c8c7)cccc65)ccc43)cc2)cc1. The van der Waals surface area contributed by atoms with Gasteiger partial charge in [0.15, 0.2) is 8.07 Å². The van der Waals surface area contributed by atoms with E-state index < -0.39 is 8.07 Å². The molecule has 64 heavy (non-hydrogen) atoms. The summed E-state index contributed by atoms with van der Waals surface area (Å²) in [5.74, 6) is 0. The molecule has 300 valence electrons. The topological polar surface area (TPSA) is 9.86 Å². The molecule has 0 aliphatic carbocycles. The number of hydrogen-bond donors (Lipinski definition) is 0. The number of nitrogens with zero attached hydrogens (tertiary/aromatic N) is 2. The van der Waals surface area contributed by atoms with Crippen LogP contribution < -0.4 is 20.7 Å². The van der Waals surface area contributed by atoms with Crippen molar-refractivity contribution in [3.63, 3.8) is 0 Å². The quantitative estimate of drug-likeness (QED) is 0.112. The summed E-state index contributed by atoms with van der Waals surface area (Å²) in [6.45, 7) is 0. The molecule has 0 unspecified atom stereocenters. The summed E-state index contributed by atoms with van der Waals surface area (Å²) in [5, 5.41) is 13.1. The van der Waals surface area contributed by atoms with Gasteiger partial charge < -0.3 is 9.13 Å². The van der Waals surface area contributed by atoms with Crippen molar-refractivity contribution in [1.82, 2.24) is 9.13 Å². The normalized spacial score (nSPS) is 12.1.